The molecule has 0 spiro atoms. The Hall–Kier alpha value is -3.57. The fraction of sp³-hybridized carbons (Fsp3) is 0.273. The summed E-state index contributed by atoms with van der Waals surface area (Å²) in [5, 5.41) is 9.19. The Bertz CT molecular complexity index is 1170. The molecule has 3 heterocycles. The van der Waals surface area contributed by atoms with Gasteiger partial charge < -0.3 is 9.64 Å². The second-order valence-electron chi connectivity index (χ2n) is 7.09. The summed E-state index contributed by atoms with van der Waals surface area (Å²) < 4.78 is 21.7. The first-order valence-electron chi connectivity index (χ1n) is 9.61. The van der Waals surface area contributed by atoms with Crippen LogP contribution in [-0.2, 0) is 11.8 Å². The second-order valence-corrected chi connectivity index (χ2v) is 7.09. The van der Waals surface area contributed by atoms with Gasteiger partial charge in [-0.05, 0) is 30.2 Å². The molecule has 0 N–H and O–H groups in total. The molecule has 0 unspecified atom stereocenters. The highest BCUT2D eigenvalue weighted by Gasteiger charge is 2.24. The lowest BCUT2D eigenvalue weighted by Gasteiger charge is -2.27. The van der Waals surface area contributed by atoms with E-state index in [0.29, 0.717) is 31.2 Å². The van der Waals surface area contributed by atoms with Crippen LogP contribution in [0.5, 0.6) is 0 Å². The van der Waals surface area contributed by atoms with E-state index in [-0.39, 0.29) is 22.9 Å². The molecule has 0 aliphatic carbocycles. The topological polar surface area (TPSA) is 84.0 Å². The van der Waals surface area contributed by atoms with Gasteiger partial charge in [-0.3, -0.25) is 14.3 Å². The van der Waals surface area contributed by atoms with Crippen molar-refractivity contribution in [2.45, 2.75) is 12.5 Å². The van der Waals surface area contributed by atoms with E-state index < -0.39 is 5.82 Å². The molecular weight excluding hydrogens is 385 g/mol. The van der Waals surface area contributed by atoms with E-state index in [9.17, 15) is 14.4 Å². The number of rotatable bonds is 3. The Labute approximate surface area is 173 Å². The van der Waals surface area contributed by atoms with Crippen molar-refractivity contribution in [1.29, 1.82) is 5.26 Å². The molecule has 0 saturated carbocycles. The van der Waals surface area contributed by atoms with Crippen LogP contribution in [0.25, 0.3) is 11.3 Å². The summed E-state index contributed by atoms with van der Waals surface area (Å²) in [6.07, 6.45) is 3.04. The Morgan fingerprint density at radius 3 is 2.97 bits per heavy atom. The number of benzene rings is 1. The summed E-state index contributed by atoms with van der Waals surface area (Å²) in [5.74, 6) is -0.0877. The Morgan fingerprint density at radius 2 is 2.17 bits per heavy atom. The van der Waals surface area contributed by atoms with Gasteiger partial charge in [0.1, 0.15) is 6.10 Å². The van der Waals surface area contributed by atoms with Gasteiger partial charge in [-0.15, -0.1) is 0 Å². The van der Waals surface area contributed by atoms with Crippen LogP contribution in [0.15, 0.2) is 53.6 Å². The van der Waals surface area contributed by atoms with Crippen LogP contribution in [0.1, 0.15) is 23.7 Å². The molecular formula is C22H20FN5O2. The first-order valence-corrected chi connectivity index (χ1v) is 9.61. The smallest absolute Gasteiger partial charge is 0.255 e. The van der Waals surface area contributed by atoms with Crippen LogP contribution in [0.2, 0.25) is 0 Å². The van der Waals surface area contributed by atoms with E-state index in [1.807, 2.05) is 23.1 Å². The van der Waals surface area contributed by atoms with E-state index in [4.69, 9.17) is 4.74 Å². The second kappa shape index (κ2) is 8.43. The van der Waals surface area contributed by atoms with Crippen LogP contribution in [0.3, 0.4) is 0 Å². The normalized spacial score (nSPS) is 16.7. The third-order valence-corrected chi connectivity index (χ3v) is 5.11. The molecule has 0 radical (unpaired) electrons. The largest absolute Gasteiger partial charge is 0.372 e. The van der Waals surface area contributed by atoms with Gasteiger partial charge in [-0.2, -0.15) is 5.26 Å². The van der Waals surface area contributed by atoms with Gasteiger partial charge in [0.15, 0.2) is 5.82 Å². The lowest BCUT2D eigenvalue weighted by Crippen LogP contribution is -2.34. The molecule has 30 heavy (non-hydrogen) atoms. The van der Waals surface area contributed by atoms with Crippen LogP contribution in [0, 0.1) is 17.1 Å². The molecule has 2 aromatic heterocycles. The molecule has 1 aliphatic heterocycles. The minimum atomic E-state index is -0.533. The minimum Gasteiger partial charge on any atom is -0.372 e. The first kappa shape index (κ1) is 19.7. The van der Waals surface area contributed by atoms with Crippen molar-refractivity contribution < 1.29 is 9.13 Å². The Kier molecular flexibility index (Phi) is 5.55. The number of nitrogens with zero attached hydrogens (tertiary/aromatic N) is 5. The summed E-state index contributed by atoms with van der Waals surface area (Å²) in [6, 6.07) is 12.3. The standard InChI is InChI=1S/C22H20FN5O2/c1-27-21(29)11-19(17-6-7-25-13-18(17)23)26-22(27)28-8-3-9-30-20(14-28)16-5-2-4-15(10-16)12-24/h2,4-7,10-11,13,20H,3,8-9,14H2,1H3/t20-/m1/s1. The lowest BCUT2D eigenvalue weighted by molar-refractivity contribution is 0.0685. The maximum atomic E-state index is 14.2. The van der Waals surface area contributed by atoms with Crippen molar-refractivity contribution in [3.05, 3.63) is 76.1 Å². The van der Waals surface area contributed by atoms with Gasteiger partial charge in [0.2, 0.25) is 5.95 Å². The van der Waals surface area contributed by atoms with Crippen molar-refractivity contribution in [1.82, 2.24) is 14.5 Å². The zero-order valence-electron chi connectivity index (χ0n) is 16.5. The highest BCUT2D eigenvalue weighted by Crippen LogP contribution is 2.26. The minimum absolute atomic E-state index is 0.230. The predicted molar refractivity (Wildman–Crippen MR) is 109 cm³/mol. The van der Waals surface area contributed by atoms with Crippen molar-refractivity contribution in [2.75, 3.05) is 24.6 Å². The maximum Gasteiger partial charge on any atom is 0.255 e. The third-order valence-electron chi connectivity index (χ3n) is 5.11. The van der Waals surface area contributed by atoms with Gasteiger partial charge >= 0.3 is 0 Å². The monoisotopic (exact) mass is 405 g/mol. The van der Waals surface area contributed by atoms with Crippen LogP contribution < -0.4 is 10.5 Å². The molecule has 7 nitrogen and oxygen atoms in total. The summed E-state index contributed by atoms with van der Waals surface area (Å²) in [7, 11) is 1.65. The summed E-state index contributed by atoms with van der Waals surface area (Å²) in [4.78, 5) is 22.9. The molecule has 1 atom stereocenters. The third kappa shape index (κ3) is 3.93. The molecule has 1 aliphatic rings. The van der Waals surface area contributed by atoms with Crippen LogP contribution >= 0.6 is 0 Å². The number of nitriles is 1. The zero-order valence-corrected chi connectivity index (χ0v) is 16.5. The lowest BCUT2D eigenvalue weighted by atomic mass is 10.1. The number of anilines is 1. The maximum absolute atomic E-state index is 14.2. The molecule has 152 valence electrons. The molecule has 0 amide bonds. The predicted octanol–water partition coefficient (Wildman–Crippen LogP) is 2.82. The molecule has 3 aromatic rings. The van der Waals surface area contributed by atoms with Crippen LogP contribution in [-0.4, -0.2) is 34.2 Å². The fourth-order valence-corrected chi connectivity index (χ4v) is 3.55. The quantitative estimate of drug-likeness (QED) is 0.666. The molecule has 4 rings (SSSR count). The average molecular weight is 405 g/mol. The van der Waals surface area contributed by atoms with Crippen molar-refractivity contribution in [2.24, 2.45) is 7.05 Å². The van der Waals surface area contributed by atoms with Gasteiger partial charge in [-0.1, -0.05) is 12.1 Å². The molecule has 0 bridgehead atoms. The zero-order chi connectivity index (χ0) is 21.1. The number of pyridine rings is 1. The average Bonchev–Trinajstić information content (AvgIpc) is 3.02. The van der Waals surface area contributed by atoms with Crippen molar-refractivity contribution in [3.8, 4) is 17.3 Å². The van der Waals surface area contributed by atoms with E-state index in [1.54, 1.807) is 13.1 Å². The number of ether oxygens (including phenoxy) is 1. The number of hydrogen-bond donors (Lipinski definition) is 0. The van der Waals surface area contributed by atoms with Crippen molar-refractivity contribution in [3.63, 3.8) is 0 Å². The molecule has 1 aromatic carbocycles. The highest BCUT2D eigenvalue weighted by atomic mass is 19.1. The summed E-state index contributed by atoms with van der Waals surface area (Å²) in [5.41, 5.74) is 1.67. The van der Waals surface area contributed by atoms with E-state index >= 15 is 0 Å². The number of hydrogen-bond acceptors (Lipinski definition) is 6. The number of aromatic nitrogens is 3. The Balaban J connectivity index is 1.72. The highest BCUT2D eigenvalue weighted by molar-refractivity contribution is 5.60. The van der Waals surface area contributed by atoms with Gasteiger partial charge in [0, 0.05) is 38.0 Å². The molecule has 8 heteroatoms. The first-order chi connectivity index (χ1) is 14.6. The summed E-state index contributed by atoms with van der Waals surface area (Å²) >= 11 is 0. The van der Waals surface area contributed by atoms with Gasteiger partial charge in [0.25, 0.3) is 5.56 Å². The fourth-order valence-electron chi connectivity index (χ4n) is 3.55. The van der Waals surface area contributed by atoms with E-state index in [0.717, 1.165) is 18.2 Å². The van der Waals surface area contributed by atoms with Gasteiger partial charge in [0.05, 0.1) is 30.1 Å². The molecule has 1 saturated heterocycles. The van der Waals surface area contributed by atoms with Crippen LogP contribution in [0.4, 0.5) is 10.3 Å². The van der Waals surface area contributed by atoms with E-state index in [2.05, 4.69) is 16.0 Å². The summed E-state index contributed by atoms with van der Waals surface area (Å²) in [6.45, 7) is 1.64. The van der Waals surface area contributed by atoms with Gasteiger partial charge in [-0.25, -0.2) is 9.37 Å². The number of halogens is 1. The Morgan fingerprint density at radius 1 is 1.30 bits per heavy atom. The molecule has 1 fully saturated rings. The van der Waals surface area contributed by atoms with Crippen molar-refractivity contribution >= 4 is 5.95 Å². The van der Waals surface area contributed by atoms with E-state index in [1.165, 1.54) is 22.9 Å². The SMILES string of the molecule is Cn1c(N2CCCO[C@@H](c3cccc(C#N)c3)C2)nc(-c2ccncc2F)cc1=O.